The van der Waals surface area contributed by atoms with E-state index in [-0.39, 0.29) is 46.2 Å². The fourth-order valence-corrected chi connectivity index (χ4v) is 5.35. The third-order valence-corrected chi connectivity index (χ3v) is 7.56. The second-order valence-corrected chi connectivity index (χ2v) is 9.85. The molecule has 3 aromatic carbocycles. The van der Waals surface area contributed by atoms with Crippen molar-refractivity contribution in [3.63, 3.8) is 0 Å². The van der Waals surface area contributed by atoms with Gasteiger partial charge in [-0.3, -0.25) is 9.59 Å². The Kier molecular flexibility index (Phi) is 8.61. The first-order valence-electron chi connectivity index (χ1n) is 13.6. The van der Waals surface area contributed by atoms with Gasteiger partial charge < -0.3 is 37.9 Å². The maximum absolute atomic E-state index is 14.3. The topological polar surface area (TPSA) is 99.9 Å². The monoisotopic (exact) mass is 592 g/mol. The molecule has 1 aliphatic heterocycles. The Morgan fingerprint density at radius 3 is 2.07 bits per heavy atom. The molecule has 0 saturated carbocycles. The van der Waals surface area contributed by atoms with Crippen molar-refractivity contribution in [3.05, 3.63) is 70.1 Å². The van der Waals surface area contributed by atoms with Gasteiger partial charge in [0.25, 0.3) is 0 Å². The SMILES string of the molecule is COc1cc(OC)c2c(=O)c(CC(=O)N3CCN(c4ccccc4F)CC3)c(-c3cc(OC)c(OC)c(OC)c3)oc2c1. The summed E-state index contributed by atoms with van der Waals surface area (Å²) in [4.78, 5) is 31.4. The highest BCUT2D eigenvalue weighted by atomic mass is 19.1. The van der Waals surface area contributed by atoms with Crippen LogP contribution in [0, 0.1) is 5.82 Å². The van der Waals surface area contributed by atoms with E-state index in [4.69, 9.17) is 28.1 Å². The van der Waals surface area contributed by atoms with Crippen LogP contribution in [0.1, 0.15) is 5.56 Å². The van der Waals surface area contributed by atoms with Gasteiger partial charge in [0, 0.05) is 43.9 Å². The van der Waals surface area contributed by atoms with Crippen molar-refractivity contribution < 1.29 is 37.3 Å². The molecular weight excluding hydrogens is 559 g/mol. The van der Waals surface area contributed by atoms with E-state index >= 15 is 0 Å². The molecule has 1 aliphatic rings. The third-order valence-electron chi connectivity index (χ3n) is 7.56. The maximum atomic E-state index is 14.3. The quantitative estimate of drug-likeness (QED) is 0.278. The molecule has 0 unspecified atom stereocenters. The number of benzene rings is 3. The molecular formula is C32H33FN2O8. The first-order chi connectivity index (χ1) is 20.8. The summed E-state index contributed by atoms with van der Waals surface area (Å²) < 4.78 is 48.1. The Labute approximate surface area is 248 Å². The van der Waals surface area contributed by atoms with Crippen molar-refractivity contribution in [2.75, 3.05) is 66.6 Å². The first-order valence-corrected chi connectivity index (χ1v) is 13.6. The van der Waals surface area contributed by atoms with Gasteiger partial charge in [0.2, 0.25) is 17.1 Å². The second kappa shape index (κ2) is 12.5. The highest BCUT2D eigenvalue weighted by Crippen LogP contribution is 2.43. The summed E-state index contributed by atoms with van der Waals surface area (Å²) in [7, 11) is 7.40. The lowest BCUT2D eigenvalue weighted by Crippen LogP contribution is -2.49. The summed E-state index contributed by atoms with van der Waals surface area (Å²) in [5.74, 6) is 1.36. The van der Waals surface area contributed by atoms with E-state index in [0.717, 1.165) is 0 Å². The molecule has 1 fully saturated rings. The van der Waals surface area contributed by atoms with Gasteiger partial charge in [-0.25, -0.2) is 4.39 Å². The lowest BCUT2D eigenvalue weighted by atomic mass is 10.00. The molecule has 0 radical (unpaired) electrons. The molecule has 0 spiro atoms. The van der Waals surface area contributed by atoms with E-state index in [0.29, 0.717) is 60.4 Å². The van der Waals surface area contributed by atoms with Crippen molar-refractivity contribution in [2.24, 2.45) is 0 Å². The number of piperazine rings is 1. The summed E-state index contributed by atoms with van der Waals surface area (Å²) in [6.45, 7) is 1.64. The van der Waals surface area contributed by atoms with Gasteiger partial charge >= 0.3 is 0 Å². The second-order valence-electron chi connectivity index (χ2n) is 9.85. The van der Waals surface area contributed by atoms with Crippen LogP contribution in [0.5, 0.6) is 28.7 Å². The van der Waals surface area contributed by atoms with Crippen LogP contribution in [-0.4, -0.2) is 72.5 Å². The highest BCUT2D eigenvalue weighted by Gasteiger charge is 2.28. The van der Waals surface area contributed by atoms with Gasteiger partial charge in [-0.05, 0) is 24.3 Å². The van der Waals surface area contributed by atoms with Gasteiger partial charge in [-0.1, -0.05) is 12.1 Å². The number of carbonyl (C=O) groups is 1. The molecule has 43 heavy (non-hydrogen) atoms. The fourth-order valence-electron chi connectivity index (χ4n) is 5.35. The predicted octanol–water partition coefficient (Wildman–Crippen LogP) is 4.53. The molecule has 10 nitrogen and oxygen atoms in total. The number of anilines is 1. The fraction of sp³-hybridized carbons (Fsp3) is 0.312. The zero-order chi connectivity index (χ0) is 30.7. The van der Waals surface area contributed by atoms with Crippen LogP contribution >= 0.6 is 0 Å². The predicted molar refractivity (Wildman–Crippen MR) is 160 cm³/mol. The summed E-state index contributed by atoms with van der Waals surface area (Å²) in [6, 6.07) is 13.1. The van der Waals surface area contributed by atoms with Crippen LogP contribution in [0.15, 0.2) is 57.7 Å². The lowest BCUT2D eigenvalue weighted by molar-refractivity contribution is -0.130. The molecule has 226 valence electrons. The molecule has 2 heterocycles. The Morgan fingerprint density at radius 1 is 0.837 bits per heavy atom. The Bertz CT molecular complexity index is 1690. The van der Waals surface area contributed by atoms with E-state index in [2.05, 4.69) is 0 Å². The van der Waals surface area contributed by atoms with Crippen LogP contribution in [-0.2, 0) is 11.2 Å². The molecule has 1 amide bonds. The smallest absolute Gasteiger partial charge is 0.227 e. The third kappa shape index (κ3) is 5.62. The number of methoxy groups -OCH3 is 5. The number of rotatable bonds is 9. The molecule has 5 rings (SSSR count). The van der Waals surface area contributed by atoms with E-state index < -0.39 is 5.43 Å². The maximum Gasteiger partial charge on any atom is 0.227 e. The zero-order valence-electron chi connectivity index (χ0n) is 24.7. The number of para-hydroxylation sites is 1. The number of hydrogen-bond donors (Lipinski definition) is 0. The van der Waals surface area contributed by atoms with Crippen LogP contribution in [0.4, 0.5) is 10.1 Å². The lowest BCUT2D eigenvalue weighted by Gasteiger charge is -2.36. The minimum atomic E-state index is -0.414. The van der Waals surface area contributed by atoms with Crippen molar-refractivity contribution in [1.29, 1.82) is 0 Å². The van der Waals surface area contributed by atoms with Crippen LogP contribution < -0.4 is 34.0 Å². The minimum Gasteiger partial charge on any atom is -0.496 e. The normalized spacial score (nSPS) is 13.2. The number of halogens is 1. The van der Waals surface area contributed by atoms with Gasteiger partial charge in [0.1, 0.15) is 34.0 Å². The Balaban J connectivity index is 1.58. The number of hydrogen-bond acceptors (Lipinski definition) is 9. The van der Waals surface area contributed by atoms with E-state index in [9.17, 15) is 14.0 Å². The Hall–Kier alpha value is -4.93. The highest BCUT2D eigenvalue weighted by molar-refractivity contribution is 5.90. The Morgan fingerprint density at radius 2 is 1.49 bits per heavy atom. The van der Waals surface area contributed by atoms with Crippen molar-refractivity contribution in [1.82, 2.24) is 4.90 Å². The van der Waals surface area contributed by atoms with Gasteiger partial charge in [-0.15, -0.1) is 0 Å². The van der Waals surface area contributed by atoms with Crippen molar-refractivity contribution >= 4 is 22.6 Å². The average Bonchev–Trinajstić information content (AvgIpc) is 3.04. The van der Waals surface area contributed by atoms with Crippen LogP contribution in [0.3, 0.4) is 0 Å². The number of ether oxygens (including phenoxy) is 5. The standard InChI is InChI=1S/C32H33FN2O8/c1-38-20-16-24(39-2)29-25(17-20)43-31(19-14-26(40-3)32(42-5)27(15-19)41-4)21(30(29)37)18-28(36)35-12-10-34(11-13-35)23-9-7-6-8-22(23)33/h6-9,14-17H,10-13,18H2,1-5H3. The largest absolute Gasteiger partial charge is 0.496 e. The van der Waals surface area contributed by atoms with E-state index in [1.54, 1.807) is 47.4 Å². The van der Waals surface area contributed by atoms with Crippen LogP contribution in [0.2, 0.25) is 0 Å². The van der Waals surface area contributed by atoms with E-state index in [1.807, 2.05) is 4.90 Å². The van der Waals surface area contributed by atoms with Gasteiger partial charge in [-0.2, -0.15) is 0 Å². The van der Waals surface area contributed by atoms with Crippen LogP contribution in [0.25, 0.3) is 22.3 Å². The first kappa shape index (κ1) is 29.6. The summed E-state index contributed by atoms with van der Waals surface area (Å²) in [5, 5.41) is 0.187. The average molecular weight is 593 g/mol. The molecule has 0 aliphatic carbocycles. The molecule has 0 bridgehead atoms. The number of carbonyl (C=O) groups excluding carboxylic acids is 1. The summed E-state index contributed by atoms with van der Waals surface area (Å²) >= 11 is 0. The summed E-state index contributed by atoms with van der Waals surface area (Å²) in [5.41, 5.74) is 0.897. The van der Waals surface area contributed by atoms with Crippen molar-refractivity contribution in [3.8, 4) is 40.1 Å². The minimum absolute atomic E-state index is 0.145. The number of fused-ring (bicyclic) bond motifs is 1. The number of nitrogens with zero attached hydrogens (tertiary/aromatic N) is 2. The number of amides is 1. The molecule has 0 atom stereocenters. The molecule has 1 saturated heterocycles. The van der Waals surface area contributed by atoms with Gasteiger partial charge in [0.15, 0.2) is 11.5 Å². The van der Waals surface area contributed by atoms with E-state index in [1.165, 1.54) is 41.6 Å². The molecule has 1 aromatic heterocycles. The van der Waals surface area contributed by atoms with Crippen molar-refractivity contribution in [2.45, 2.75) is 6.42 Å². The molecule has 11 heteroatoms. The van der Waals surface area contributed by atoms with Gasteiger partial charge in [0.05, 0.1) is 53.2 Å². The molecule has 0 N–H and O–H groups in total. The molecule has 4 aromatic rings. The zero-order valence-corrected chi connectivity index (χ0v) is 24.7. The summed E-state index contributed by atoms with van der Waals surface area (Å²) in [6.07, 6.45) is -0.237.